The Morgan fingerprint density at radius 2 is 1.96 bits per heavy atom. The van der Waals surface area contributed by atoms with Crippen molar-refractivity contribution < 1.29 is 17.2 Å². The van der Waals surface area contributed by atoms with Gasteiger partial charge in [-0.3, -0.25) is 4.72 Å². The molecule has 0 radical (unpaired) electrons. The molecule has 0 spiro atoms. The molecule has 0 unspecified atom stereocenters. The lowest BCUT2D eigenvalue weighted by Gasteiger charge is -2.09. The number of anilines is 1. The molecular formula is C15H8BrF2N3O2S. The topological polar surface area (TPSA) is 85.8 Å². The van der Waals surface area contributed by atoms with Crippen LogP contribution in [0.1, 0.15) is 5.56 Å². The lowest BCUT2D eigenvalue weighted by atomic mass is 10.2. The third-order valence-corrected chi connectivity index (χ3v) is 5.40. The minimum Gasteiger partial charge on any atom is -0.359 e. The van der Waals surface area contributed by atoms with Gasteiger partial charge in [-0.1, -0.05) is 12.1 Å². The van der Waals surface area contributed by atoms with Crippen molar-refractivity contribution in [1.82, 2.24) is 4.98 Å². The van der Waals surface area contributed by atoms with Crippen LogP contribution in [0, 0.1) is 23.0 Å². The fourth-order valence-electron chi connectivity index (χ4n) is 2.22. The number of nitriles is 1. The molecule has 0 aliphatic heterocycles. The van der Waals surface area contributed by atoms with Crippen LogP contribution in [-0.4, -0.2) is 13.4 Å². The van der Waals surface area contributed by atoms with E-state index in [2.05, 4.69) is 20.9 Å². The second kappa shape index (κ2) is 5.89. The first kappa shape index (κ1) is 16.4. The number of rotatable bonds is 3. The van der Waals surface area contributed by atoms with Crippen LogP contribution in [0.25, 0.3) is 10.9 Å². The van der Waals surface area contributed by atoms with Crippen molar-refractivity contribution in [3.63, 3.8) is 0 Å². The van der Waals surface area contributed by atoms with E-state index in [0.717, 1.165) is 0 Å². The van der Waals surface area contributed by atoms with Crippen LogP contribution in [0.15, 0.2) is 45.9 Å². The Labute approximate surface area is 144 Å². The zero-order valence-corrected chi connectivity index (χ0v) is 14.2. The first-order chi connectivity index (χ1) is 11.3. The Bertz CT molecular complexity index is 1100. The van der Waals surface area contributed by atoms with Crippen molar-refractivity contribution in [2.75, 3.05) is 4.72 Å². The molecule has 2 aromatic carbocycles. The number of hydrogen-bond acceptors (Lipinski definition) is 3. The van der Waals surface area contributed by atoms with Crippen molar-refractivity contribution in [3.05, 3.63) is 58.2 Å². The van der Waals surface area contributed by atoms with E-state index in [1.165, 1.54) is 12.3 Å². The summed E-state index contributed by atoms with van der Waals surface area (Å²) in [5, 5.41) is 9.05. The highest BCUT2D eigenvalue weighted by Crippen LogP contribution is 2.30. The zero-order chi connectivity index (χ0) is 17.5. The average molecular weight is 412 g/mol. The monoisotopic (exact) mass is 411 g/mol. The third-order valence-electron chi connectivity index (χ3n) is 3.34. The molecule has 0 bridgehead atoms. The van der Waals surface area contributed by atoms with Gasteiger partial charge in [0.15, 0.2) is 0 Å². The summed E-state index contributed by atoms with van der Waals surface area (Å²) >= 11 is 3.29. The highest BCUT2D eigenvalue weighted by atomic mass is 79.9. The maximum Gasteiger partial charge on any atom is 0.264 e. The number of aromatic nitrogens is 1. The van der Waals surface area contributed by atoms with Crippen LogP contribution in [-0.2, 0) is 10.0 Å². The standard InChI is InChI=1S/C15H8BrF2N3O2S/c16-10-3-1-2-9-14(7-20-15(9)10)24(22,23)21-13-5-11(17)8(6-19)4-12(13)18/h1-5,7,20-21H. The minimum absolute atomic E-state index is 0.108. The molecule has 0 aliphatic rings. The second-order valence-corrected chi connectivity index (χ2v) is 7.35. The Hall–Kier alpha value is -2.44. The zero-order valence-electron chi connectivity index (χ0n) is 11.8. The number of para-hydroxylation sites is 1. The summed E-state index contributed by atoms with van der Waals surface area (Å²) in [6.45, 7) is 0. The number of sulfonamides is 1. The quantitative estimate of drug-likeness (QED) is 0.685. The maximum atomic E-state index is 13.9. The van der Waals surface area contributed by atoms with Crippen molar-refractivity contribution in [2.45, 2.75) is 4.90 Å². The first-order valence-electron chi connectivity index (χ1n) is 6.51. The molecule has 0 saturated carbocycles. The number of H-pyrrole nitrogens is 1. The van der Waals surface area contributed by atoms with Gasteiger partial charge in [-0.2, -0.15) is 5.26 Å². The molecule has 3 aromatic rings. The van der Waals surface area contributed by atoms with Gasteiger partial charge in [0.25, 0.3) is 10.0 Å². The third kappa shape index (κ3) is 2.74. The van der Waals surface area contributed by atoms with Gasteiger partial charge < -0.3 is 4.98 Å². The lowest BCUT2D eigenvalue weighted by molar-refractivity contribution is 0.593. The normalized spacial score (nSPS) is 11.4. The Balaban J connectivity index is 2.08. The summed E-state index contributed by atoms with van der Waals surface area (Å²) in [5.74, 6) is -2.06. The van der Waals surface area contributed by atoms with Crippen molar-refractivity contribution >= 4 is 42.5 Å². The number of nitrogens with one attached hydrogen (secondary N) is 2. The highest BCUT2D eigenvalue weighted by Gasteiger charge is 2.22. The summed E-state index contributed by atoms with van der Waals surface area (Å²) < 4.78 is 55.2. The second-order valence-electron chi connectivity index (χ2n) is 4.84. The summed E-state index contributed by atoms with van der Waals surface area (Å²) in [7, 11) is -4.16. The molecule has 3 rings (SSSR count). The fourth-order valence-corrected chi connectivity index (χ4v) is 3.93. The van der Waals surface area contributed by atoms with Gasteiger partial charge in [0, 0.05) is 22.1 Å². The van der Waals surface area contributed by atoms with Crippen LogP contribution in [0.3, 0.4) is 0 Å². The predicted molar refractivity (Wildman–Crippen MR) is 87.9 cm³/mol. The van der Waals surface area contributed by atoms with E-state index >= 15 is 0 Å². The molecule has 0 amide bonds. The lowest BCUT2D eigenvalue weighted by Crippen LogP contribution is -2.14. The molecular weight excluding hydrogens is 404 g/mol. The van der Waals surface area contributed by atoms with Gasteiger partial charge in [-0.15, -0.1) is 0 Å². The SMILES string of the molecule is N#Cc1cc(F)c(NS(=O)(=O)c2c[nH]c3c(Br)cccc23)cc1F. The van der Waals surface area contributed by atoms with Gasteiger partial charge >= 0.3 is 0 Å². The van der Waals surface area contributed by atoms with E-state index in [4.69, 9.17) is 5.26 Å². The molecule has 24 heavy (non-hydrogen) atoms. The average Bonchev–Trinajstić information content (AvgIpc) is 2.96. The Kier molecular flexibility index (Phi) is 4.03. The van der Waals surface area contributed by atoms with Gasteiger partial charge in [0.2, 0.25) is 0 Å². The number of halogens is 3. The summed E-state index contributed by atoms with van der Waals surface area (Å²) in [6.07, 6.45) is 1.26. The van der Waals surface area contributed by atoms with Crippen LogP contribution in [0.2, 0.25) is 0 Å². The van der Waals surface area contributed by atoms with Crippen LogP contribution in [0.5, 0.6) is 0 Å². The number of nitrogens with zero attached hydrogens (tertiary/aromatic N) is 1. The molecule has 5 nitrogen and oxygen atoms in total. The molecule has 2 N–H and O–H groups in total. The van der Waals surface area contributed by atoms with Crippen LogP contribution in [0.4, 0.5) is 14.5 Å². The van der Waals surface area contributed by atoms with Crippen LogP contribution >= 0.6 is 15.9 Å². The first-order valence-corrected chi connectivity index (χ1v) is 8.78. The molecule has 122 valence electrons. The molecule has 9 heteroatoms. The highest BCUT2D eigenvalue weighted by molar-refractivity contribution is 9.10. The van der Waals surface area contributed by atoms with E-state index in [-0.39, 0.29) is 4.90 Å². The van der Waals surface area contributed by atoms with E-state index in [9.17, 15) is 17.2 Å². The van der Waals surface area contributed by atoms with E-state index in [0.29, 0.717) is 27.5 Å². The summed E-state index contributed by atoms with van der Waals surface area (Å²) in [6, 6.07) is 7.73. The van der Waals surface area contributed by atoms with E-state index in [1.807, 2.05) is 4.72 Å². The van der Waals surface area contributed by atoms with Crippen molar-refractivity contribution in [1.29, 1.82) is 5.26 Å². The van der Waals surface area contributed by atoms with Crippen molar-refractivity contribution in [2.24, 2.45) is 0 Å². The molecule has 0 fully saturated rings. The molecule has 0 aliphatic carbocycles. The molecule has 0 saturated heterocycles. The molecule has 1 heterocycles. The van der Waals surface area contributed by atoms with Gasteiger partial charge in [0.05, 0.1) is 16.8 Å². The Morgan fingerprint density at radius 3 is 2.67 bits per heavy atom. The Morgan fingerprint density at radius 1 is 1.21 bits per heavy atom. The van der Waals surface area contributed by atoms with Gasteiger partial charge in [0.1, 0.15) is 22.6 Å². The molecule has 1 aromatic heterocycles. The number of aromatic amines is 1. The predicted octanol–water partition coefficient (Wildman–Crippen LogP) is 3.88. The summed E-state index contributed by atoms with van der Waals surface area (Å²) in [4.78, 5) is 2.71. The number of hydrogen-bond donors (Lipinski definition) is 2. The number of benzene rings is 2. The van der Waals surface area contributed by atoms with E-state index in [1.54, 1.807) is 18.2 Å². The maximum absolute atomic E-state index is 13.9. The van der Waals surface area contributed by atoms with Gasteiger partial charge in [-0.05, 0) is 28.1 Å². The van der Waals surface area contributed by atoms with E-state index < -0.39 is 32.9 Å². The van der Waals surface area contributed by atoms with Gasteiger partial charge in [-0.25, -0.2) is 17.2 Å². The fraction of sp³-hybridized carbons (Fsp3) is 0. The minimum atomic E-state index is -4.16. The molecule has 0 atom stereocenters. The van der Waals surface area contributed by atoms with Crippen molar-refractivity contribution in [3.8, 4) is 6.07 Å². The smallest absolute Gasteiger partial charge is 0.264 e. The number of fused-ring (bicyclic) bond motifs is 1. The van der Waals surface area contributed by atoms with Crippen LogP contribution < -0.4 is 4.72 Å². The largest absolute Gasteiger partial charge is 0.359 e. The summed E-state index contributed by atoms with van der Waals surface area (Å²) in [5.41, 5.74) is -0.522.